The number of aliphatic hydroxyl groups excluding tert-OH is 1. The highest BCUT2D eigenvalue weighted by atomic mass is 28.4. The van der Waals surface area contributed by atoms with Crippen LogP contribution in [0, 0.1) is 5.92 Å². The highest BCUT2D eigenvalue weighted by Gasteiger charge is 2.66. The molecule has 2 aliphatic rings. The summed E-state index contributed by atoms with van der Waals surface area (Å²) in [6.45, 7) is 5.84. The Hall–Kier alpha value is -5.37. The fourth-order valence-electron chi connectivity index (χ4n) is 8.65. The van der Waals surface area contributed by atoms with Crippen LogP contribution in [0.15, 0.2) is 108 Å². The van der Waals surface area contributed by atoms with E-state index in [1.54, 1.807) is 35.9 Å². The molecular formula is C41H43FN6O5Si. The fraction of sp³-hybridized carbons (Fsp3) is 0.317. The number of anilines is 1. The lowest BCUT2D eigenvalue weighted by Crippen LogP contribution is -2.45. The average molecular weight is 747 g/mol. The van der Waals surface area contributed by atoms with Gasteiger partial charge in [0.1, 0.15) is 5.75 Å². The summed E-state index contributed by atoms with van der Waals surface area (Å²) in [4.78, 5) is 29.7. The summed E-state index contributed by atoms with van der Waals surface area (Å²) in [5, 5.41) is 22.7. The number of carbonyl (C=O) groups is 1. The first-order valence-electron chi connectivity index (χ1n) is 18.3. The Bertz CT molecular complexity index is 2370. The van der Waals surface area contributed by atoms with Crippen molar-refractivity contribution in [3.63, 3.8) is 0 Å². The summed E-state index contributed by atoms with van der Waals surface area (Å²) in [6.07, 6.45) is 1.66. The lowest BCUT2D eigenvalue weighted by Gasteiger charge is -2.31. The monoisotopic (exact) mass is 746 g/mol. The van der Waals surface area contributed by atoms with Gasteiger partial charge in [-0.05, 0) is 73.1 Å². The number of aromatic nitrogens is 5. The molecule has 4 heterocycles. The van der Waals surface area contributed by atoms with Gasteiger partial charge in [-0.15, -0.1) is 5.10 Å². The number of hydrogen-bond donors (Lipinski definition) is 2. The minimum absolute atomic E-state index is 0.117. The summed E-state index contributed by atoms with van der Waals surface area (Å²) in [5.74, 6) is -0.457. The summed E-state index contributed by atoms with van der Waals surface area (Å²) in [6, 6.07) is 30.1. The molecule has 1 amide bonds. The maximum Gasteiger partial charge on any atom is 0.279 e. The third-order valence-corrected chi connectivity index (χ3v) is 13.7. The van der Waals surface area contributed by atoms with Crippen molar-refractivity contribution < 1.29 is 23.5 Å². The lowest BCUT2D eigenvalue weighted by molar-refractivity contribution is -0.146. The van der Waals surface area contributed by atoms with E-state index in [1.165, 1.54) is 4.68 Å². The zero-order valence-electron chi connectivity index (χ0n) is 30.6. The van der Waals surface area contributed by atoms with Crippen molar-refractivity contribution in [1.82, 2.24) is 24.8 Å². The molecule has 5 atom stereocenters. The number of amides is 1. The van der Waals surface area contributed by atoms with E-state index in [-0.39, 0.29) is 30.5 Å². The van der Waals surface area contributed by atoms with Gasteiger partial charge in [0, 0.05) is 29.8 Å². The molecule has 1 unspecified atom stereocenters. The van der Waals surface area contributed by atoms with E-state index in [0.29, 0.717) is 46.7 Å². The molecule has 8 rings (SSSR count). The molecule has 1 fully saturated rings. The van der Waals surface area contributed by atoms with E-state index in [9.17, 15) is 14.7 Å². The standard InChI is InChI=1S/C41H43FN6O5Si/c1-26-38(54(3,4)42)37(20-21-46-24-35(43-45-46)32(25-49)28-10-6-5-7-11-28)53-41(26)33-22-30(52-2)18-19-36(33)47(40(41)51)23-27-14-16-29(17-15-27)48-39(50)31-12-8-9-13-34(31)44-48/h5-19,22,24,26,32,37-38,44,49H,20-21,23,25H2,1-4H3/t26-,32?,37+,38-,41+/m0/s1. The van der Waals surface area contributed by atoms with Crippen LogP contribution in [0.2, 0.25) is 18.6 Å². The van der Waals surface area contributed by atoms with Crippen molar-refractivity contribution in [3.8, 4) is 11.4 Å². The second kappa shape index (κ2) is 13.8. The number of rotatable bonds is 11. The predicted molar refractivity (Wildman–Crippen MR) is 206 cm³/mol. The highest BCUT2D eigenvalue weighted by Crippen LogP contribution is 2.60. The molecule has 278 valence electrons. The minimum atomic E-state index is -3.41. The van der Waals surface area contributed by atoms with Crippen LogP contribution in [0.3, 0.4) is 0 Å². The van der Waals surface area contributed by atoms with Gasteiger partial charge in [0.15, 0.2) is 5.60 Å². The number of aliphatic hydroxyl groups is 1. The Labute approximate surface area is 313 Å². The molecule has 2 aromatic heterocycles. The second-order valence-corrected chi connectivity index (χ2v) is 18.6. The maximum absolute atomic E-state index is 16.5. The predicted octanol–water partition coefficient (Wildman–Crippen LogP) is 6.46. The quantitative estimate of drug-likeness (QED) is 0.115. The van der Waals surface area contributed by atoms with E-state index in [2.05, 4.69) is 15.4 Å². The van der Waals surface area contributed by atoms with Crippen LogP contribution in [-0.2, 0) is 28.2 Å². The summed E-state index contributed by atoms with van der Waals surface area (Å²) in [7, 11) is -1.83. The normalized spacial score (nSPS) is 21.6. The van der Waals surface area contributed by atoms with Gasteiger partial charge in [-0.2, -0.15) is 0 Å². The summed E-state index contributed by atoms with van der Waals surface area (Å²) in [5.41, 5.74) is 3.16. The molecule has 0 bridgehead atoms. The first-order chi connectivity index (χ1) is 26.0. The molecule has 54 heavy (non-hydrogen) atoms. The number of benzene rings is 4. The van der Waals surface area contributed by atoms with Gasteiger partial charge in [-0.1, -0.05) is 66.7 Å². The number of aromatic amines is 1. The third-order valence-electron chi connectivity index (χ3n) is 11.2. The zero-order valence-corrected chi connectivity index (χ0v) is 31.6. The lowest BCUT2D eigenvalue weighted by atomic mass is 9.82. The molecular weight excluding hydrogens is 704 g/mol. The Kier molecular flexibility index (Phi) is 9.11. The molecule has 4 aromatic carbocycles. The van der Waals surface area contributed by atoms with E-state index < -0.39 is 31.6 Å². The van der Waals surface area contributed by atoms with Gasteiger partial charge in [-0.25, -0.2) is 4.68 Å². The molecule has 6 aromatic rings. The largest absolute Gasteiger partial charge is 0.497 e. The van der Waals surface area contributed by atoms with Crippen molar-refractivity contribution >= 4 is 30.9 Å². The third kappa shape index (κ3) is 5.96. The molecule has 0 saturated carbocycles. The number of methoxy groups -OCH3 is 1. The van der Waals surface area contributed by atoms with E-state index >= 15 is 4.11 Å². The SMILES string of the molecule is COc1ccc2c(c1)[C@@]1(O[C@H](CCn3cc(C(CO)c4ccccc4)nn3)[C@@H]([Si](C)(C)F)[C@@H]1C)C(=O)N2Cc1ccc(-n2[nH]c3ccccc3c2=O)cc1. The average Bonchev–Trinajstić information content (AvgIpc) is 3.92. The van der Waals surface area contributed by atoms with Crippen LogP contribution in [0.4, 0.5) is 9.80 Å². The van der Waals surface area contributed by atoms with E-state index in [1.807, 2.05) is 104 Å². The number of para-hydroxylation sites is 1. The van der Waals surface area contributed by atoms with Crippen molar-refractivity contribution in [3.05, 3.63) is 136 Å². The van der Waals surface area contributed by atoms with Crippen LogP contribution < -0.4 is 15.2 Å². The van der Waals surface area contributed by atoms with Crippen LogP contribution in [-0.4, -0.2) is 64.0 Å². The van der Waals surface area contributed by atoms with Crippen molar-refractivity contribution in [2.75, 3.05) is 18.6 Å². The van der Waals surface area contributed by atoms with Crippen LogP contribution in [0.5, 0.6) is 5.75 Å². The number of nitrogens with zero attached hydrogens (tertiary/aromatic N) is 5. The first-order valence-corrected chi connectivity index (χ1v) is 21.2. The Balaban J connectivity index is 1.08. The number of H-pyrrole nitrogens is 1. The molecule has 2 N–H and O–H groups in total. The molecule has 2 aliphatic heterocycles. The van der Waals surface area contributed by atoms with Crippen LogP contribution in [0.1, 0.15) is 41.6 Å². The van der Waals surface area contributed by atoms with Gasteiger partial charge >= 0.3 is 0 Å². The van der Waals surface area contributed by atoms with Crippen molar-refractivity contribution in [2.45, 2.75) is 62.7 Å². The maximum atomic E-state index is 16.5. The zero-order chi connectivity index (χ0) is 37.8. The van der Waals surface area contributed by atoms with Crippen LogP contribution in [0.25, 0.3) is 16.6 Å². The smallest absolute Gasteiger partial charge is 0.279 e. The topological polar surface area (TPSA) is 127 Å². The Morgan fingerprint density at radius 3 is 2.46 bits per heavy atom. The highest BCUT2D eigenvalue weighted by molar-refractivity contribution is 6.72. The molecule has 11 nitrogen and oxygen atoms in total. The number of halogens is 1. The number of aryl methyl sites for hydroxylation is 1. The van der Waals surface area contributed by atoms with Crippen LogP contribution >= 0.6 is 0 Å². The van der Waals surface area contributed by atoms with Crippen molar-refractivity contribution in [2.24, 2.45) is 5.92 Å². The molecule has 0 aliphatic carbocycles. The van der Waals surface area contributed by atoms with Gasteiger partial charge in [0.05, 0.1) is 60.3 Å². The van der Waals surface area contributed by atoms with Gasteiger partial charge in [0.2, 0.25) is 8.41 Å². The summed E-state index contributed by atoms with van der Waals surface area (Å²) >= 11 is 0. The molecule has 1 spiro atoms. The minimum Gasteiger partial charge on any atom is -0.497 e. The second-order valence-electron chi connectivity index (χ2n) is 14.9. The molecule has 1 saturated heterocycles. The number of nitrogens with one attached hydrogen (secondary N) is 1. The number of carbonyl (C=O) groups excluding carboxylic acids is 1. The van der Waals surface area contributed by atoms with Gasteiger partial charge < -0.3 is 23.6 Å². The number of fused-ring (bicyclic) bond motifs is 3. The Morgan fingerprint density at radius 2 is 1.76 bits per heavy atom. The first kappa shape index (κ1) is 35.6. The van der Waals surface area contributed by atoms with Gasteiger partial charge in [-0.3, -0.25) is 19.4 Å². The van der Waals surface area contributed by atoms with Gasteiger partial charge in [0.25, 0.3) is 11.5 Å². The molecule has 0 radical (unpaired) electrons. The number of ether oxygens (including phenoxy) is 2. The number of hydrogen-bond acceptors (Lipinski definition) is 7. The van der Waals surface area contributed by atoms with E-state index in [0.717, 1.165) is 16.6 Å². The summed E-state index contributed by atoms with van der Waals surface area (Å²) < 4.78 is 32.3. The van der Waals surface area contributed by atoms with Crippen molar-refractivity contribution in [1.29, 1.82) is 0 Å². The Morgan fingerprint density at radius 1 is 1.02 bits per heavy atom. The molecule has 13 heteroatoms. The van der Waals surface area contributed by atoms with E-state index in [4.69, 9.17) is 9.47 Å². The fourth-order valence-corrected chi connectivity index (χ4v) is 11.2.